The van der Waals surface area contributed by atoms with E-state index in [2.05, 4.69) is 22.2 Å². The lowest BCUT2D eigenvalue weighted by Crippen LogP contribution is -2.34. The number of nitrogens with two attached hydrogens (primary N) is 1. The van der Waals surface area contributed by atoms with E-state index in [-0.39, 0.29) is 5.41 Å². The molecule has 5 heteroatoms. The summed E-state index contributed by atoms with van der Waals surface area (Å²) in [5, 5.41) is 13.4. The van der Waals surface area contributed by atoms with Gasteiger partial charge in [-0.15, -0.1) is 0 Å². The summed E-state index contributed by atoms with van der Waals surface area (Å²) in [4.78, 5) is 8.90. The van der Waals surface area contributed by atoms with Gasteiger partial charge in [-0.25, -0.2) is 9.97 Å². The van der Waals surface area contributed by atoms with Gasteiger partial charge < -0.3 is 16.2 Å². The smallest absolute Gasteiger partial charge is 0.138 e. The minimum absolute atomic E-state index is 0.163. The van der Waals surface area contributed by atoms with Crippen LogP contribution in [0, 0.1) is 6.92 Å². The Morgan fingerprint density at radius 3 is 2.30 bits per heavy atom. The molecule has 0 amide bonds. The molecule has 114 valence electrons. The van der Waals surface area contributed by atoms with Gasteiger partial charge >= 0.3 is 0 Å². The predicted octanol–water partition coefficient (Wildman–Crippen LogP) is 2.63. The first-order chi connectivity index (χ1) is 9.07. The molecular weight excluding hydrogens is 252 g/mol. The van der Waals surface area contributed by atoms with Gasteiger partial charge in [-0.3, -0.25) is 0 Å². The maximum Gasteiger partial charge on any atom is 0.138 e. The fourth-order valence-corrected chi connectivity index (χ4v) is 1.94. The average molecular weight is 280 g/mol. The van der Waals surface area contributed by atoms with Gasteiger partial charge in [0.2, 0.25) is 0 Å². The number of nitrogens with zero attached hydrogens (tertiary/aromatic N) is 2. The summed E-state index contributed by atoms with van der Waals surface area (Å²) in [5.74, 6) is 1.90. The van der Waals surface area contributed by atoms with Crippen molar-refractivity contribution in [2.24, 2.45) is 0 Å². The van der Waals surface area contributed by atoms with E-state index in [9.17, 15) is 5.11 Å². The Bertz CT molecular complexity index is 464. The molecule has 1 heterocycles. The van der Waals surface area contributed by atoms with E-state index >= 15 is 0 Å². The summed E-state index contributed by atoms with van der Waals surface area (Å²) in [7, 11) is 0. The molecule has 4 N–H and O–H groups in total. The molecule has 1 rings (SSSR count). The number of aromatic nitrogens is 2. The SMILES string of the molecule is CCCC(C)(O)CNc1nc(C(C)(C)C)nc(N)c1C. The lowest BCUT2D eigenvalue weighted by atomic mass is 9.95. The molecule has 1 aromatic heterocycles. The fraction of sp³-hybridized carbons (Fsp3) is 0.733. The van der Waals surface area contributed by atoms with E-state index in [4.69, 9.17) is 5.73 Å². The van der Waals surface area contributed by atoms with E-state index in [1.165, 1.54) is 0 Å². The summed E-state index contributed by atoms with van der Waals surface area (Å²) >= 11 is 0. The number of hydrogen-bond acceptors (Lipinski definition) is 5. The highest BCUT2D eigenvalue weighted by molar-refractivity contribution is 5.55. The third-order valence-corrected chi connectivity index (χ3v) is 3.28. The van der Waals surface area contributed by atoms with Gasteiger partial charge in [-0.1, -0.05) is 34.1 Å². The predicted molar refractivity (Wildman–Crippen MR) is 83.9 cm³/mol. The van der Waals surface area contributed by atoms with Crippen LogP contribution < -0.4 is 11.1 Å². The average Bonchev–Trinajstić information content (AvgIpc) is 2.29. The molecule has 0 spiro atoms. The summed E-state index contributed by atoms with van der Waals surface area (Å²) < 4.78 is 0. The molecule has 0 aliphatic carbocycles. The zero-order chi connectivity index (χ0) is 15.6. The van der Waals surface area contributed by atoms with Crippen molar-refractivity contribution in [3.8, 4) is 0 Å². The highest BCUT2D eigenvalue weighted by Crippen LogP contribution is 2.25. The molecule has 0 aliphatic heterocycles. The molecule has 1 atom stereocenters. The lowest BCUT2D eigenvalue weighted by Gasteiger charge is -2.25. The number of hydrogen-bond donors (Lipinski definition) is 3. The normalized spacial score (nSPS) is 14.9. The van der Waals surface area contributed by atoms with Gasteiger partial charge in [0.05, 0.1) is 5.60 Å². The van der Waals surface area contributed by atoms with Gasteiger partial charge in [0.25, 0.3) is 0 Å². The van der Waals surface area contributed by atoms with Crippen molar-refractivity contribution in [1.82, 2.24) is 9.97 Å². The van der Waals surface area contributed by atoms with Crippen LogP contribution in [0.15, 0.2) is 0 Å². The quantitative estimate of drug-likeness (QED) is 0.772. The highest BCUT2D eigenvalue weighted by atomic mass is 16.3. The number of aliphatic hydroxyl groups is 1. The van der Waals surface area contributed by atoms with Crippen LogP contribution in [0.3, 0.4) is 0 Å². The Balaban J connectivity index is 2.98. The molecule has 0 saturated heterocycles. The van der Waals surface area contributed by atoms with E-state index in [0.717, 1.165) is 18.4 Å². The van der Waals surface area contributed by atoms with Crippen molar-refractivity contribution in [2.45, 2.75) is 65.4 Å². The van der Waals surface area contributed by atoms with Crippen molar-refractivity contribution in [2.75, 3.05) is 17.6 Å². The van der Waals surface area contributed by atoms with E-state index in [1.807, 2.05) is 34.6 Å². The molecule has 1 aromatic rings. The Labute approximate surface area is 122 Å². The van der Waals surface area contributed by atoms with E-state index < -0.39 is 5.60 Å². The fourth-order valence-electron chi connectivity index (χ4n) is 1.94. The van der Waals surface area contributed by atoms with Crippen LogP contribution in [-0.4, -0.2) is 27.2 Å². The first-order valence-corrected chi connectivity index (χ1v) is 7.17. The Hall–Kier alpha value is -1.36. The minimum atomic E-state index is -0.747. The van der Waals surface area contributed by atoms with Crippen LogP contribution in [-0.2, 0) is 5.41 Å². The Morgan fingerprint density at radius 2 is 1.80 bits per heavy atom. The monoisotopic (exact) mass is 280 g/mol. The third-order valence-electron chi connectivity index (χ3n) is 3.28. The molecule has 0 aromatic carbocycles. The zero-order valence-corrected chi connectivity index (χ0v) is 13.5. The second-order valence-corrected chi connectivity index (χ2v) is 6.76. The molecule has 0 fully saturated rings. The van der Waals surface area contributed by atoms with Crippen LogP contribution in [0.5, 0.6) is 0 Å². The first kappa shape index (κ1) is 16.7. The first-order valence-electron chi connectivity index (χ1n) is 7.17. The van der Waals surface area contributed by atoms with Crippen LogP contribution in [0.2, 0.25) is 0 Å². The Kier molecular flexibility index (Phi) is 4.97. The van der Waals surface area contributed by atoms with Crippen molar-refractivity contribution in [3.05, 3.63) is 11.4 Å². The zero-order valence-electron chi connectivity index (χ0n) is 13.5. The maximum absolute atomic E-state index is 10.2. The molecule has 0 radical (unpaired) electrons. The van der Waals surface area contributed by atoms with Gasteiger partial charge in [-0.2, -0.15) is 0 Å². The van der Waals surface area contributed by atoms with Gasteiger partial charge in [0, 0.05) is 17.5 Å². The van der Waals surface area contributed by atoms with Crippen LogP contribution in [0.25, 0.3) is 0 Å². The van der Waals surface area contributed by atoms with Crippen molar-refractivity contribution >= 4 is 11.6 Å². The highest BCUT2D eigenvalue weighted by Gasteiger charge is 2.23. The van der Waals surface area contributed by atoms with Crippen molar-refractivity contribution < 1.29 is 5.11 Å². The number of rotatable bonds is 5. The summed E-state index contributed by atoms with van der Waals surface area (Å²) in [6.45, 7) is 12.4. The van der Waals surface area contributed by atoms with E-state index in [1.54, 1.807) is 0 Å². The van der Waals surface area contributed by atoms with Crippen LogP contribution in [0.4, 0.5) is 11.6 Å². The van der Waals surface area contributed by atoms with Crippen LogP contribution in [0.1, 0.15) is 58.8 Å². The summed E-state index contributed by atoms with van der Waals surface area (Å²) in [6, 6.07) is 0. The lowest BCUT2D eigenvalue weighted by molar-refractivity contribution is 0.0636. The van der Waals surface area contributed by atoms with Gasteiger partial charge in [0.1, 0.15) is 17.5 Å². The molecule has 0 bridgehead atoms. The minimum Gasteiger partial charge on any atom is -0.388 e. The molecule has 0 aliphatic rings. The second-order valence-electron chi connectivity index (χ2n) is 6.76. The van der Waals surface area contributed by atoms with Crippen molar-refractivity contribution in [3.63, 3.8) is 0 Å². The third kappa shape index (κ3) is 4.34. The maximum atomic E-state index is 10.2. The van der Waals surface area contributed by atoms with E-state index in [0.29, 0.717) is 24.0 Å². The number of nitrogens with one attached hydrogen (secondary N) is 1. The molecule has 0 saturated carbocycles. The summed E-state index contributed by atoms with van der Waals surface area (Å²) in [5.41, 5.74) is 5.88. The Morgan fingerprint density at radius 1 is 1.20 bits per heavy atom. The van der Waals surface area contributed by atoms with Crippen LogP contribution >= 0.6 is 0 Å². The molecule has 1 unspecified atom stereocenters. The largest absolute Gasteiger partial charge is 0.388 e. The second kappa shape index (κ2) is 5.95. The molecule has 5 nitrogen and oxygen atoms in total. The number of nitrogen functional groups attached to an aromatic ring is 1. The van der Waals surface area contributed by atoms with Gasteiger partial charge in [0.15, 0.2) is 0 Å². The molecular formula is C15H28N4O. The summed E-state index contributed by atoms with van der Waals surface area (Å²) in [6.07, 6.45) is 1.68. The topological polar surface area (TPSA) is 84.1 Å². The number of anilines is 2. The van der Waals surface area contributed by atoms with Crippen molar-refractivity contribution in [1.29, 1.82) is 0 Å². The standard InChI is InChI=1S/C15H28N4O/c1-7-8-15(6,20)9-17-12-10(2)11(16)18-13(19-12)14(3,4)5/h20H,7-9H2,1-6H3,(H3,16,17,18,19). The van der Waals surface area contributed by atoms with Gasteiger partial charge in [-0.05, 0) is 20.3 Å². The molecule has 20 heavy (non-hydrogen) atoms.